The van der Waals surface area contributed by atoms with E-state index in [1.54, 1.807) is 30.3 Å². The quantitative estimate of drug-likeness (QED) is 0.512. The second kappa shape index (κ2) is 18.1. The molecule has 0 bridgehead atoms. The number of hydrogen-bond acceptors (Lipinski definition) is 6. The van der Waals surface area contributed by atoms with E-state index in [9.17, 15) is 9.59 Å². The predicted octanol–water partition coefficient (Wildman–Crippen LogP) is 1.47. The summed E-state index contributed by atoms with van der Waals surface area (Å²) in [7, 11) is 0. The van der Waals surface area contributed by atoms with E-state index < -0.39 is 11.9 Å². The van der Waals surface area contributed by atoms with Gasteiger partial charge in [0.25, 0.3) is 0 Å². The number of aliphatic hydroxyl groups excluding tert-OH is 2. The topological polar surface area (TPSA) is 113 Å². The van der Waals surface area contributed by atoms with Gasteiger partial charge in [-0.25, -0.2) is 0 Å². The lowest BCUT2D eigenvalue weighted by Crippen LogP contribution is -2.09. The average Bonchev–Trinajstić information content (AvgIpc) is 2.55. The molecule has 0 fully saturated rings. The molecule has 132 valence electrons. The largest absolute Gasteiger partial charge is 0.481 e. The fraction of sp³-hybridized carbons (Fsp3) is 0.500. The zero-order valence-electron chi connectivity index (χ0n) is 13.6. The molecule has 0 unspecified atom stereocenters. The summed E-state index contributed by atoms with van der Waals surface area (Å²) < 4.78 is 9.70. The minimum absolute atomic E-state index is 0.107. The molecule has 0 amide bonds. The molecule has 1 aromatic carbocycles. The van der Waals surface area contributed by atoms with Gasteiger partial charge in [-0.2, -0.15) is 0 Å². The van der Waals surface area contributed by atoms with Crippen LogP contribution in [0.15, 0.2) is 30.3 Å². The maximum atomic E-state index is 11.0. The van der Waals surface area contributed by atoms with Gasteiger partial charge in [0.1, 0.15) is 5.75 Å². The van der Waals surface area contributed by atoms with Crippen molar-refractivity contribution in [2.45, 2.75) is 26.7 Å². The molecule has 1 rings (SSSR count). The van der Waals surface area contributed by atoms with Crippen molar-refractivity contribution in [3.63, 3.8) is 0 Å². The van der Waals surface area contributed by atoms with Gasteiger partial charge in [-0.1, -0.05) is 18.2 Å². The Kier molecular flexibility index (Phi) is 18.3. The number of esters is 1. The maximum absolute atomic E-state index is 11.0. The van der Waals surface area contributed by atoms with Crippen molar-refractivity contribution in [3.05, 3.63) is 30.3 Å². The molecule has 0 radical (unpaired) electrons. The van der Waals surface area contributed by atoms with Gasteiger partial charge in [0.15, 0.2) is 0 Å². The van der Waals surface area contributed by atoms with Crippen molar-refractivity contribution in [3.8, 4) is 5.75 Å². The highest BCUT2D eigenvalue weighted by Gasteiger charge is 2.06. The van der Waals surface area contributed by atoms with E-state index >= 15 is 0 Å². The van der Waals surface area contributed by atoms with Crippen LogP contribution in [0.25, 0.3) is 0 Å². The normalized spacial score (nSPS) is 8.87. The molecule has 7 heteroatoms. The third kappa shape index (κ3) is 20.0. The van der Waals surface area contributed by atoms with E-state index in [1.165, 1.54) is 0 Å². The molecule has 3 N–H and O–H groups in total. The lowest BCUT2D eigenvalue weighted by atomic mass is 10.3. The number of aliphatic hydroxyl groups is 2. The molecule has 7 nitrogen and oxygen atoms in total. The lowest BCUT2D eigenvalue weighted by molar-refractivity contribution is -0.142. The Labute approximate surface area is 136 Å². The molecular weight excluding hydrogens is 304 g/mol. The third-order valence-electron chi connectivity index (χ3n) is 2.03. The van der Waals surface area contributed by atoms with Crippen LogP contribution in [0.4, 0.5) is 0 Å². The summed E-state index contributed by atoms with van der Waals surface area (Å²) in [6.07, 6.45) is -0.310. The number of hydrogen-bond donors (Lipinski definition) is 3. The maximum Gasteiger partial charge on any atom is 0.311 e. The first-order valence-corrected chi connectivity index (χ1v) is 7.28. The minimum atomic E-state index is -1.00. The van der Waals surface area contributed by atoms with Gasteiger partial charge in [0.2, 0.25) is 0 Å². The number of carbonyl (C=O) groups excluding carboxylic acids is 1. The highest BCUT2D eigenvalue weighted by Crippen LogP contribution is 2.09. The number of ether oxygens (including phenoxy) is 2. The Hall–Kier alpha value is -1.96. The molecule has 0 heterocycles. The van der Waals surface area contributed by atoms with Crippen LogP contribution in [-0.2, 0) is 14.3 Å². The summed E-state index contributed by atoms with van der Waals surface area (Å²) in [6, 6.07) is 8.55. The Morgan fingerprint density at radius 3 is 1.83 bits per heavy atom. The smallest absolute Gasteiger partial charge is 0.311 e. The van der Waals surface area contributed by atoms with Crippen molar-refractivity contribution in [1.82, 2.24) is 0 Å². The first-order chi connectivity index (χ1) is 11.0. The zero-order chi connectivity index (χ0) is 17.9. The number of rotatable bonds is 7. The van der Waals surface area contributed by atoms with E-state index in [0.717, 1.165) is 13.2 Å². The van der Waals surface area contributed by atoms with E-state index in [-0.39, 0.29) is 26.1 Å². The van der Waals surface area contributed by atoms with Crippen LogP contribution in [0.1, 0.15) is 26.7 Å². The summed E-state index contributed by atoms with van der Waals surface area (Å²) in [5.41, 5.74) is 0. The Balaban J connectivity index is 0. The van der Waals surface area contributed by atoms with E-state index in [2.05, 4.69) is 0 Å². The van der Waals surface area contributed by atoms with Gasteiger partial charge in [0.05, 0.1) is 26.1 Å². The molecular formula is C16H26O7. The van der Waals surface area contributed by atoms with Gasteiger partial charge >= 0.3 is 11.9 Å². The molecule has 1 aromatic rings. The van der Waals surface area contributed by atoms with Crippen LogP contribution >= 0.6 is 0 Å². The van der Waals surface area contributed by atoms with Gasteiger partial charge in [0, 0.05) is 13.2 Å². The standard InChI is InChI=1S/C10H10O4.C4H10O.C2H6O2/c11-9(12)6-7-10(13)14-8-4-2-1-3-5-8;1-3-5-4-2;3-1-2-4/h1-5H,6-7H2,(H,11,12);3-4H2,1-2H3;3-4H,1-2H2. The van der Waals surface area contributed by atoms with E-state index in [1.807, 2.05) is 13.8 Å². The molecule has 0 aliphatic heterocycles. The number of carboxylic acid groups (broad SMARTS) is 1. The van der Waals surface area contributed by atoms with Crippen LogP contribution in [0.3, 0.4) is 0 Å². The van der Waals surface area contributed by atoms with E-state index in [4.69, 9.17) is 24.8 Å². The molecule has 0 saturated heterocycles. The number of para-hydroxylation sites is 1. The van der Waals surface area contributed by atoms with Crippen molar-refractivity contribution in [2.75, 3.05) is 26.4 Å². The highest BCUT2D eigenvalue weighted by molar-refractivity contribution is 5.78. The Morgan fingerprint density at radius 1 is 0.957 bits per heavy atom. The SMILES string of the molecule is CCOCC.O=C(O)CCC(=O)Oc1ccccc1.OCCO. The predicted molar refractivity (Wildman–Crippen MR) is 85.3 cm³/mol. The Morgan fingerprint density at radius 2 is 1.48 bits per heavy atom. The van der Waals surface area contributed by atoms with Crippen LogP contribution in [0.2, 0.25) is 0 Å². The molecule has 0 spiro atoms. The van der Waals surface area contributed by atoms with Gasteiger partial charge < -0.3 is 24.8 Å². The van der Waals surface area contributed by atoms with Gasteiger partial charge in [-0.3, -0.25) is 9.59 Å². The average molecular weight is 330 g/mol. The summed E-state index contributed by atoms with van der Waals surface area (Å²) in [5, 5.41) is 23.6. The third-order valence-corrected chi connectivity index (χ3v) is 2.03. The van der Waals surface area contributed by atoms with Crippen molar-refractivity contribution in [1.29, 1.82) is 0 Å². The van der Waals surface area contributed by atoms with Gasteiger partial charge in [-0.15, -0.1) is 0 Å². The highest BCUT2D eigenvalue weighted by atomic mass is 16.5. The molecule has 0 aliphatic rings. The fourth-order valence-electron chi connectivity index (χ4n) is 1.08. The molecule has 23 heavy (non-hydrogen) atoms. The number of aliphatic carboxylic acids is 1. The first kappa shape index (κ1) is 23.3. The van der Waals surface area contributed by atoms with Crippen LogP contribution in [0, 0.1) is 0 Å². The summed E-state index contributed by atoms with van der Waals surface area (Å²) in [4.78, 5) is 21.2. The molecule has 0 saturated carbocycles. The summed E-state index contributed by atoms with van der Waals surface area (Å²) in [6.45, 7) is 5.42. The fourth-order valence-corrected chi connectivity index (χ4v) is 1.08. The monoisotopic (exact) mass is 330 g/mol. The second-order valence-electron chi connectivity index (χ2n) is 3.91. The van der Waals surface area contributed by atoms with Crippen molar-refractivity contribution in [2.24, 2.45) is 0 Å². The number of carbonyl (C=O) groups is 2. The second-order valence-corrected chi connectivity index (χ2v) is 3.91. The minimum Gasteiger partial charge on any atom is -0.481 e. The molecule has 0 aromatic heterocycles. The van der Waals surface area contributed by atoms with Crippen molar-refractivity contribution < 1.29 is 34.4 Å². The summed E-state index contributed by atoms with van der Waals surface area (Å²) >= 11 is 0. The van der Waals surface area contributed by atoms with Crippen molar-refractivity contribution >= 4 is 11.9 Å². The van der Waals surface area contributed by atoms with Gasteiger partial charge in [-0.05, 0) is 26.0 Å². The summed E-state index contributed by atoms with van der Waals surface area (Å²) in [5.74, 6) is -1.10. The number of carboxylic acids is 1. The van der Waals surface area contributed by atoms with Crippen LogP contribution in [0.5, 0.6) is 5.75 Å². The van der Waals surface area contributed by atoms with Crippen LogP contribution < -0.4 is 4.74 Å². The molecule has 0 aliphatic carbocycles. The van der Waals surface area contributed by atoms with E-state index in [0.29, 0.717) is 5.75 Å². The molecule has 0 atom stereocenters. The lowest BCUT2D eigenvalue weighted by Gasteiger charge is -2.01. The number of benzene rings is 1. The first-order valence-electron chi connectivity index (χ1n) is 7.28. The van der Waals surface area contributed by atoms with Crippen LogP contribution in [-0.4, -0.2) is 53.7 Å². The zero-order valence-corrected chi connectivity index (χ0v) is 13.6. The Bertz CT molecular complexity index is 389.